The molecule has 0 bridgehead atoms. The Morgan fingerprint density at radius 3 is 3.04 bits per heavy atom. The summed E-state index contributed by atoms with van der Waals surface area (Å²) < 4.78 is 2.20. The number of likely N-dealkylation sites (tertiary alicyclic amines) is 1. The molecule has 1 aliphatic heterocycles. The fourth-order valence-corrected chi connectivity index (χ4v) is 3.67. The normalized spacial score (nSPS) is 16.9. The molecular formula is C20H25N5O2. The summed E-state index contributed by atoms with van der Waals surface area (Å²) in [5.74, 6) is 1.10. The van der Waals surface area contributed by atoms with Crippen molar-refractivity contribution in [1.29, 1.82) is 5.26 Å². The van der Waals surface area contributed by atoms with Crippen LogP contribution in [0.3, 0.4) is 0 Å². The van der Waals surface area contributed by atoms with E-state index in [0.29, 0.717) is 24.3 Å². The molecule has 1 aliphatic rings. The minimum atomic E-state index is -0.457. The van der Waals surface area contributed by atoms with Crippen LogP contribution in [0.25, 0.3) is 0 Å². The fraction of sp³-hybridized carbons (Fsp3) is 0.500. The fourth-order valence-electron chi connectivity index (χ4n) is 3.67. The van der Waals surface area contributed by atoms with E-state index in [-0.39, 0.29) is 17.4 Å². The molecule has 0 radical (unpaired) electrons. The van der Waals surface area contributed by atoms with Crippen LogP contribution < -0.4 is 5.56 Å². The van der Waals surface area contributed by atoms with Crippen molar-refractivity contribution in [3.63, 3.8) is 0 Å². The van der Waals surface area contributed by atoms with Gasteiger partial charge in [0.25, 0.3) is 11.5 Å². The average molecular weight is 367 g/mol. The first-order chi connectivity index (χ1) is 13.0. The van der Waals surface area contributed by atoms with Crippen molar-refractivity contribution in [3.05, 3.63) is 51.5 Å². The lowest BCUT2D eigenvalue weighted by atomic mass is 9.96. The number of piperidine rings is 1. The van der Waals surface area contributed by atoms with E-state index in [1.54, 1.807) is 6.92 Å². The van der Waals surface area contributed by atoms with Crippen LogP contribution in [-0.4, -0.2) is 38.4 Å². The molecule has 3 heterocycles. The van der Waals surface area contributed by atoms with Crippen molar-refractivity contribution < 1.29 is 4.79 Å². The number of nitriles is 1. The van der Waals surface area contributed by atoms with E-state index in [1.165, 1.54) is 6.07 Å². The monoisotopic (exact) mass is 367 g/mol. The van der Waals surface area contributed by atoms with Crippen LogP contribution in [0.15, 0.2) is 23.3 Å². The van der Waals surface area contributed by atoms with Crippen LogP contribution in [0, 0.1) is 18.3 Å². The van der Waals surface area contributed by atoms with Crippen molar-refractivity contribution in [2.24, 2.45) is 0 Å². The van der Waals surface area contributed by atoms with Gasteiger partial charge in [-0.1, -0.05) is 13.3 Å². The van der Waals surface area contributed by atoms with Gasteiger partial charge in [-0.25, -0.2) is 4.98 Å². The number of pyridine rings is 1. The maximum Gasteiger partial charge on any atom is 0.266 e. The third-order valence-corrected chi connectivity index (χ3v) is 5.16. The predicted molar refractivity (Wildman–Crippen MR) is 102 cm³/mol. The Morgan fingerprint density at radius 2 is 2.30 bits per heavy atom. The molecule has 1 amide bonds. The molecule has 2 aromatic rings. The van der Waals surface area contributed by atoms with Gasteiger partial charge < -0.3 is 14.5 Å². The number of hydrogen-bond donors (Lipinski definition) is 1. The highest BCUT2D eigenvalue weighted by molar-refractivity contribution is 5.95. The molecule has 1 atom stereocenters. The summed E-state index contributed by atoms with van der Waals surface area (Å²) in [7, 11) is 0. The van der Waals surface area contributed by atoms with Gasteiger partial charge in [0, 0.05) is 43.6 Å². The van der Waals surface area contributed by atoms with Gasteiger partial charge in [-0.3, -0.25) is 9.59 Å². The van der Waals surface area contributed by atoms with Crippen LogP contribution in [0.2, 0.25) is 0 Å². The standard InChI is InChI=1S/C20H25N5O2/c1-3-4-8-24-10-7-22-18(24)15-6-5-9-25(13-15)20(27)17-11-16(12-21)19(26)23-14(17)2/h7,10-11,15H,3-6,8-9,13H2,1-2H3,(H,23,26). The first-order valence-electron chi connectivity index (χ1n) is 9.49. The maximum absolute atomic E-state index is 13.0. The topological polar surface area (TPSA) is 94.8 Å². The van der Waals surface area contributed by atoms with Crippen molar-refractivity contribution in [3.8, 4) is 6.07 Å². The number of rotatable bonds is 5. The number of aromatic amines is 1. The molecule has 1 N–H and O–H groups in total. The summed E-state index contributed by atoms with van der Waals surface area (Å²) in [6, 6.07) is 3.26. The lowest BCUT2D eigenvalue weighted by Crippen LogP contribution is -2.40. The maximum atomic E-state index is 13.0. The van der Waals surface area contributed by atoms with E-state index in [2.05, 4.69) is 21.5 Å². The van der Waals surface area contributed by atoms with Gasteiger partial charge in [0.15, 0.2) is 0 Å². The molecule has 142 valence electrons. The van der Waals surface area contributed by atoms with Crippen LogP contribution in [0.1, 0.15) is 66.0 Å². The van der Waals surface area contributed by atoms with Gasteiger partial charge in [0.2, 0.25) is 0 Å². The first kappa shape index (κ1) is 18.9. The summed E-state index contributed by atoms with van der Waals surface area (Å²) in [4.78, 5) is 33.8. The van der Waals surface area contributed by atoms with Crippen molar-refractivity contribution >= 4 is 5.91 Å². The van der Waals surface area contributed by atoms with Crippen molar-refractivity contribution in [1.82, 2.24) is 19.4 Å². The number of hydrogen-bond acceptors (Lipinski definition) is 4. The van der Waals surface area contributed by atoms with E-state index in [0.717, 1.165) is 38.1 Å². The second-order valence-corrected chi connectivity index (χ2v) is 7.09. The van der Waals surface area contributed by atoms with Gasteiger partial charge in [-0.2, -0.15) is 5.26 Å². The highest BCUT2D eigenvalue weighted by Crippen LogP contribution is 2.27. The number of nitrogens with one attached hydrogen (secondary N) is 1. The molecule has 0 saturated carbocycles. The SMILES string of the molecule is CCCCn1ccnc1C1CCCN(C(=O)c2cc(C#N)c(=O)[nH]c2C)C1. The summed E-state index contributed by atoms with van der Waals surface area (Å²) in [6.45, 7) is 6.07. The van der Waals surface area contributed by atoms with E-state index < -0.39 is 5.56 Å². The Kier molecular flexibility index (Phi) is 5.75. The number of H-pyrrole nitrogens is 1. The van der Waals surface area contributed by atoms with Crippen LogP contribution >= 0.6 is 0 Å². The summed E-state index contributed by atoms with van der Waals surface area (Å²) in [5.41, 5.74) is 0.394. The zero-order chi connectivity index (χ0) is 19.4. The van der Waals surface area contributed by atoms with Gasteiger partial charge in [-0.05, 0) is 32.3 Å². The van der Waals surface area contributed by atoms with Crippen LogP contribution in [-0.2, 0) is 6.54 Å². The van der Waals surface area contributed by atoms with Crippen molar-refractivity contribution in [2.45, 2.75) is 52.0 Å². The van der Waals surface area contributed by atoms with E-state index >= 15 is 0 Å². The second kappa shape index (κ2) is 8.21. The first-order valence-corrected chi connectivity index (χ1v) is 9.49. The van der Waals surface area contributed by atoms with Crippen LogP contribution in [0.5, 0.6) is 0 Å². The molecule has 1 saturated heterocycles. The van der Waals surface area contributed by atoms with Gasteiger partial charge in [-0.15, -0.1) is 0 Å². The quantitative estimate of drug-likeness (QED) is 0.879. The Labute approximate surface area is 158 Å². The van der Waals surface area contributed by atoms with E-state index in [4.69, 9.17) is 5.26 Å². The molecule has 27 heavy (non-hydrogen) atoms. The summed E-state index contributed by atoms with van der Waals surface area (Å²) in [5, 5.41) is 9.09. The smallest absolute Gasteiger partial charge is 0.266 e. The number of aromatic nitrogens is 3. The van der Waals surface area contributed by atoms with Gasteiger partial charge in [0.1, 0.15) is 17.5 Å². The number of amides is 1. The third kappa shape index (κ3) is 3.95. The molecular weight excluding hydrogens is 342 g/mol. The van der Waals surface area contributed by atoms with E-state index in [1.807, 2.05) is 23.4 Å². The van der Waals surface area contributed by atoms with Crippen LogP contribution in [0.4, 0.5) is 0 Å². The second-order valence-electron chi connectivity index (χ2n) is 7.09. The zero-order valence-corrected chi connectivity index (χ0v) is 15.9. The molecule has 7 heteroatoms. The Morgan fingerprint density at radius 1 is 1.48 bits per heavy atom. The molecule has 1 unspecified atom stereocenters. The number of carbonyl (C=O) groups excluding carboxylic acids is 1. The summed E-state index contributed by atoms with van der Waals surface area (Å²) >= 11 is 0. The average Bonchev–Trinajstić information content (AvgIpc) is 3.14. The highest BCUT2D eigenvalue weighted by atomic mass is 16.2. The number of nitrogens with zero attached hydrogens (tertiary/aromatic N) is 4. The highest BCUT2D eigenvalue weighted by Gasteiger charge is 2.29. The molecule has 1 fully saturated rings. The van der Waals surface area contributed by atoms with Gasteiger partial charge in [0.05, 0.1) is 5.56 Å². The molecule has 0 aliphatic carbocycles. The third-order valence-electron chi connectivity index (χ3n) is 5.16. The Hall–Kier alpha value is -2.88. The minimum absolute atomic E-state index is 0.0346. The minimum Gasteiger partial charge on any atom is -0.338 e. The Balaban J connectivity index is 1.81. The number of unbranched alkanes of at least 4 members (excludes halogenated alkanes) is 1. The molecule has 0 aromatic carbocycles. The molecule has 2 aromatic heterocycles. The number of imidazole rings is 1. The zero-order valence-electron chi connectivity index (χ0n) is 15.9. The lowest BCUT2D eigenvalue weighted by Gasteiger charge is -2.33. The molecule has 7 nitrogen and oxygen atoms in total. The predicted octanol–water partition coefficient (Wildman–Crippen LogP) is 2.57. The molecule has 0 spiro atoms. The van der Waals surface area contributed by atoms with E-state index in [9.17, 15) is 9.59 Å². The number of carbonyl (C=O) groups is 1. The Bertz CT molecular complexity index is 921. The van der Waals surface area contributed by atoms with Gasteiger partial charge >= 0.3 is 0 Å². The van der Waals surface area contributed by atoms with Crippen molar-refractivity contribution in [2.75, 3.05) is 13.1 Å². The lowest BCUT2D eigenvalue weighted by molar-refractivity contribution is 0.0702. The molecule has 3 rings (SSSR count). The summed E-state index contributed by atoms with van der Waals surface area (Å²) in [6.07, 6.45) is 7.98. The largest absolute Gasteiger partial charge is 0.338 e. The number of aryl methyl sites for hydroxylation is 2.